The van der Waals surface area contributed by atoms with Crippen LogP contribution in [-0.4, -0.2) is 31.5 Å². The molecule has 6 N–H and O–H groups in total. The Morgan fingerprint density at radius 2 is 2.03 bits per heavy atom. The van der Waals surface area contributed by atoms with Gasteiger partial charge < -0.3 is 26.7 Å². The fourth-order valence-corrected chi connectivity index (χ4v) is 3.29. The highest BCUT2D eigenvalue weighted by molar-refractivity contribution is 7.80. The van der Waals surface area contributed by atoms with E-state index in [4.69, 9.17) is 23.7 Å². The monoisotopic (exact) mass is 411 g/mol. The third-order valence-corrected chi connectivity index (χ3v) is 4.87. The van der Waals surface area contributed by atoms with Gasteiger partial charge in [-0.05, 0) is 30.5 Å². The van der Waals surface area contributed by atoms with Gasteiger partial charge in [0.25, 0.3) is 5.91 Å². The zero-order valence-corrected chi connectivity index (χ0v) is 17.5. The second kappa shape index (κ2) is 8.44. The quantitative estimate of drug-likeness (QED) is 0.420. The topological polar surface area (TPSA) is 124 Å². The minimum atomic E-state index is -0.618. The van der Waals surface area contributed by atoms with Crippen LogP contribution in [0.4, 0.5) is 17.5 Å². The van der Waals surface area contributed by atoms with Crippen molar-refractivity contribution in [3.63, 3.8) is 0 Å². The maximum absolute atomic E-state index is 11.9. The summed E-state index contributed by atoms with van der Waals surface area (Å²) in [6.45, 7) is 4.16. The summed E-state index contributed by atoms with van der Waals surface area (Å²) in [6, 6.07) is 7.60. The van der Waals surface area contributed by atoms with Gasteiger partial charge in [0.05, 0.1) is 11.0 Å². The van der Waals surface area contributed by atoms with E-state index in [2.05, 4.69) is 34.4 Å². The second-order valence-electron chi connectivity index (χ2n) is 7.34. The lowest BCUT2D eigenvalue weighted by Crippen LogP contribution is -2.35. The molecule has 1 amide bonds. The third kappa shape index (κ3) is 4.62. The van der Waals surface area contributed by atoms with Crippen molar-refractivity contribution in [2.24, 2.45) is 24.4 Å². The molecule has 0 saturated heterocycles. The number of primary amides is 1. The normalized spacial score (nSPS) is 12.1. The number of nitrogens with zero attached hydrogens (tertiary/aromatic N) is 3. The Morgan fingerprint density at radius 3 is 2.69 bits per heavy atom. The summed E-state index contributed by atoms with van der Waals surface area (Å²) in [4.78, 5) is 20.9. The van der Waals surface area contributed by atoms with Gasteiger partial charge in [-0.2, -0.15) is 4.98 Å². The van der Waals surface area contributed by atoms with Gasteiger partial charge in [0, 0.05) is 36.0 Å². The van der Waals surface area contributed by atoms with Crippen LogP contribution >= 0.6 is 12.2 Å². The fraction of sp³-hybridized carbons (Fsp3) is 0.300. The molecule has 1 atom stereocenters. The van der Waals surface area contributed by atoms with Crippen molar-refractivity contribution in [2.75, 3.05) is 10.6 Å². The van der Waals surface area contributed by atoms with Crippen LogP contribution < -0.4 is 22.1 Å². The minimum Gasteiger partial charge on any atom is -0.392 e. The molecule has 0 bridgehead atoms. The number of carbonyl (C=O) groups excluding carboxylic acids is 1. The Morgan fingerprint density at radius 1 is 1.28 bits per heavy atom. The van der Waals surface area contributed by atoms with Gasteiger partial charge in [-0.3, -0.25) is 4.79 Å². The van der Waals surface area contributed by atoms with E-state index in [0.29, 0.717) is 22.7 Å². The van der Waals surface area contributed by atoms with Gasteiger partial charge in [0.1, 0.15) is 11.4 Å². The van der Waals surface area contributed by atoms with Crippen LogP contribution in [0, 0.1) is 5.92 Å². The lowest BCUT2D eigenvalue weighted by molar-refractivity contribution is 0.100. The van der Waals surface area contributed by atoms with E-state index in [0.717, 1.165) is 23.0 Å². The predicted octanol–water partition coefficient (Wildman–Crippen LogP) is 2.92. The standard InChI is InChI=1S/C20H25N7OS/c1-11(2)9-15(18(22)29)25-20-23-10-13(17(21)28)19(26-20)24-14-5-4-6-16-12(14)7-8-27(16)3/h4-8,10-11,15H,9H2,1-3H3,(H2,21,28)(H2,22,29)(H2,23,24,25,26). The first-order chi connectivity index (χ1) is 13.8. The van der Waals surface area contributed by atoms with Crippen molar-refractivity contribution >= 4 is 51.5 Å². The van der Waals surface area contributed by atoms with E-state index < -0.39 is 5.91 Å². The highest BCUT2D eigenvalue weighted by Crippen LogP contribution is 2.28. The Balaban J connectivity index is 1.97. The van der Waals surface area contributed by atoms with Crippen molar-refractivity contribution in [3.8, 4) is 0 Å². The number of rotatable bonds is 8. The van der Waals surface area contributed by atoms with Gasteiger partial charge in [-0.1, -0.05) is 32.1 Å². The molecule has 0 saturated carbocycles. The number of hydrogen-bond acceptors (Lipinski definition) is 6. The number of nitrogens with one attached hydrogen (secondary N) is 2. The minimum absolute atomic E-state index is 0.194. The van der Waals surface area contributed by atoms with E-state index in [1.54, 1.807) is 0 Å². The van der Waals surface area contributed by atoms with E-state index in [1.807, 2.05) is 42.1 Å². The third-order valence-electron chi connectivity index (χ3n) is 4.59. The van der Waals surface area contributed by atoms with Crippen molar-refractivity contribution in [1.29, 1.82) is 0 Å². The maximum Gasteiger partial charge on any atom is 0.254 e. The molecule has 2 aromatic heterocycles. The zero-order valence-electron chi connectivity index (χ0n) is 16.6. The number of amides is 1. The summed E-state index contributed by atoms with van der Waals surface area (Å²) < 4.78 is 2.02. The predicted molar refractivity (Wildman–Crippen MR) is 120 cm³/mol. The Bertz CT molecular complexity index is 1060. The molecule has 0 spiro atoms. The lowest BCUT2D eigenvalue weighted by atomic mass is 10.0. The highest BCUT2D eigenvalue weighted by atomic mass is 32.1. The first-order valence-electron chi connectivity index (χ1n) is 9.30. The SMILES string of the molecule is CC(C)CC(Nc1ncc(C(N)=O)c(Nc2cccc3c2ccn3C)n1)C(N)=S. The van der Waals surface area contributed by atoms with Crippen LogP contribution in [0.3, 0.4) is 0 Å². The van der Waals surface area contributed by atoms with Gasteiger partial charge in [0.15, 0.2) is 0 Å². The molecule has 0 aliphatic carbocycles. The van der Waals surface area contributed by atoms with Crippen LogP contribution in [0.5, 0.6) is 0 Å². The Labute approximate surface area is 174 Å². The molecule has 152 valence electrons. The highest BCUT2D eigenvalue weighted by Gasteiger charge is 2.18. The van der Waals surface area contributed by atoms with E-state index in [9.17, 15) is 4.79 Å². The van der Waals surface area contributed by atoms with E-state index in [-0.39, 0.29) is 11.6 Å². The number of anilines is 3. The number of hydrogen-bond donors (Lipinski definition) is 4. The molecule has 29 heavy (non-hydrogen) atoms. The van der Waals surface area contributed by atoms with Crippen LogP contribution in [0.2, 0.25) is 0 Å². The van der Waals surface area contributed by atoms with Crippen LogP contribution in [0.15, 0.2) is 36.7 Å². The summed E-state index contributed by atoms with van der Waals surface area (Å²) in [6.07, 6.45) is 4.11. The molecule has 0 aliphatic heterocycles. The van der Waals surface area contributed by atoms with Gasteiger partial charge in [-0.15, -0.1) is 0 Å². The molecule has 0 aliphatic rings. The molecule has 1 aromatic carbocycles. The number of fused-ring (bicyclic) bond motifs is 1. The Kier molecular flexibility index (Phi) is 5.97. The number of aryl methyl sites for hydroxylation is 1. The average Bonchev–Trinajstić information content (AvgIpc) is 3.03. The maximum atomic E-state index is 11.9. The fourth-order valence-electron chi connectivity index (χ4n) is 3.14. The lowest BCUT2D eigenvalue weighted by Gasteiger charge is -2.20. The second-order valence-corrected chi connectivity index (χ2v) is 7.81. The number of benzene rings is 1. The van der Waals surface area contributed by atoms with Gasteiger partial charge in [-0.25, -0.2) is 4.98 Å². The average molecular weight is 412 g/mol. The van der Waals surface area contributed by atoms with Crippen molar-refractivity contribution in [1.82, 2.24) is 14.5 Å². The summed E-state index contributed by atoms with van der Waals surface area (Å²) >= 11 is 5.16. The van der Waals surface area contributed by atoms with Crippen molar-refractivity contribution < 1.29 is 4.79 Å². The molecular formula is C20H25N7OS. The first kappa shape index (κ1) is 20.5. The van der Waals surface area contributed by atoms with Crippen molar-refractivity contribution in [2.45, 2.75) is 26.3 Å². The molecule has 3 aromatic rings. The zero-order chi connectivity index (χ0) is 21.1. The van der Waals surface area contributed by atoms with Crippen LogP contribution in [0.25, 0.3) is 10.9 Å². The molecule has 1 unspecified atom stereocenters. The van der Waals surface area contributed by atoms with Gasteiger partial charge >= 0.3 is 0 Å². The van der Waals surface area contributed by atoms with E-state index in [1.165, 1.54) is 6.20 Å². The number of aromatic nitrogens is 3. The molecule has 3 rings (SSSR count). The number of thiocarbonyl (C=S) groups is 1. The molecule has 8 nitrogen and oxygen atoms in total. The van der Waals surface area contributed by atoms with Crippen molar-refractivity contribution in [3.05, 3.63) is 42.2 Å². The summed E-state index contributed by atoms with van der Waals surface area (Å²) in [5.41, 5.74) is 13.4. The molecule has 9 heteroatoms. The summed E-state index contributed by atoms with van der Waals surface area (Å²) in [7, 11) is 1.97. The van der Waals surface area contributed by atoms with Gasteiger partial charge in [0.2, 0.25) is 5.95 Å². The number of nitrogens with two attached hydrogens (primary N) is 2. The van der Waals surface area contributed by atoms with Crippen LogP contribution in [-0.2, 0) is 7.05 Å². The molecular weight excluding hydrogens is 386 g/mol. The largest absolute Gasteiger partial charge is 0.392 e. The molecule has 0 radical (unpaired) electrons. The summed E-state index contributed by atoms with van der Waals surface area (Å²) in [5, 5.41) is 7.38. The van der Waals surface area contributed by atoms with E-state index >= 15 is 0 Å². The first-order valence-corrected chi connectivity index (χ1v) is 9.71. The molecule has 2 heterocycles. The Hall–Kier alpha value is -3.20. The molecule has 0 fully saturated rings. The van der Waals surface area contributed by atoms with Crippen LogP contribution in [0.1, 0.15) is 30.6 Å². The smallest absolute Gasteiger partial charge is 0.254 e. The number of carbonyl (C=O) groups is 1. The summed E-state index contributed by atoms with van der Waals surface area (Å²) in [5.74, 6) is 0.397.